The van der Waals surface area contributed by atoms with Gasteiger partial charge in [-0.1, -0.05) is 18.2 Å². The fourth-order valence-corrected chi connectivity index (χ4v) is 3.79. The van der Waals surface area contributed by atoms with Gasteiger partial charge in [-0.05, 0) is 36.1 Å². The Bertz CT molecular complexity index is 743. The zero-order valence-electron chi connectivity index (χ0n) is 12.6. The minimum Gasteiger partial charge on any atom is -0.492 e. The zero-order valence-corrected chi connectivity index (χ0v) is 14.2. The predicted octanol–water partition coefficient (Wildman–Crippen LogP) is 1.53. The van der Waals surface area contributed by atoms with Crippen LogP contribution in [0.2, 0.25) is 0 Å². The van der Waals surface area contributed by atoms with Crippen molar-refractivity contribution in [2.75, 3.05) is 19.7 Å². The van der Waals surface area contributed by atoms with Crippen molar-refractivity contribution < 1.29 is 17.9 Å². The number of benzene rings is 1. The molecule has 2 N–H and O–H groups in total. The lowest BCUT2D eigenvalue weighted by molar-refractivity contribution is -0.120. The Morgan fingerprint density at radius 2 is 2.09 bits per heavy atom. The average molecular weight is 354 g/mol. The summed E-state index contributed by atoms with van der Waals surface area (Å²) in [6, 6.07) is 10.7. The van der Waals surface area contributed by atoms with Gasteiger partial charge < -0.3 is 10.1 Å². The first-order valence-corrected chi connectivity index (χ1v) is 9.33. The summed E-state index contributed by atoms with van der Waals surface area (Å²) in [4.78, 5) is 11.6. The number of carbonyl (C=O) groups is 1. The summed E-state index contributed by atoms with van der Waals surface area (Å²) in [5.41, 5.74) is 1.09. The first-order valence-electron chi connectivity index (χ1n) is 6.97. The lowest BCUT2D eigenvalue weighted by atomic mass is 10.2. The standard InChI is InChI=1S/C15H18N2O4S2/c1-12-4-2-5-13(10-12)21-8-7-16-14(18)11-17-23(19,20)15-6-3-9-22-15/h2-6,9-10,17H,7-8,11H2,1H3,(H,16,18). The summed E-state index contributed by atoms with van der Waals surface area (Å²) in [5, 5.41) is 4.26. The first-order chi connectivity index (χ1) is 11.0. The van der Waals surface area contributed by atoms with E-state index in [0.29, 0.717) is 13.2 Å². The van der Waals surface area contributed by atoms with Crippen molar-refractivity contribution in [3.63, 3.8) is 0 Å². The van der Waals surface area contributed by atoms with E-state index in [1.54, 1.807) is 11.4 Å². The molecule has 2 aromatic rings. The van der Waals surface area contributed by atoms with Gasteiger partial charge in [-0.2, -0.15) is 0 Å². The normalized spacial score (nSPS) is 11.2. The second-order valence-corrected chi connectivity index (χ2v) is 7.71. The molecule has 1 aromatic heterocycles. The SMILES string of the molecule is Cc1cccc(OCCNC(=O)CNS(=O)(=O)c2cccs2)c1. The van der Waals surface area contributed by atoms with Crippen LogP contribution in [0.4, 0.5) is 0 Å². The molecule has 0 radical (unpaired) electrons. The molecule has 0 aliphatic heterocycles. The van der Waals surface area contributed by atoms with E-state index in [1.165, 1.54) is 6.07 Å². The molecule has 1 amide bonds. The molecule has 1 heterocycles. The number of aryl methyl sites for hydroxylation is 1. The maximum Gasteiger partial charge on any atom is 0.250 e. The maximum absolute atomic E-state index is 11.8. The number of rotatable bonds is 8. The van der Waals surface area contributed by atoms with Crippen molar-refractivity contribution >= 4 is 27.3 Å². The van der Waals surface area contributed by atoms with Gasteiger partial charge in [0.2, 0.25) is 5.91 Å². The Hall–Kier alpha value is -1.90. The average Bonchev–Trinajstić information content (AvgIpc) is 3.05. The third kappa shape index (κ3) is 5.66. The van der Waals surface area contributed by atoms with Crippen LogP contribution in [0.1, 0.15) is 5.56 Å². The van der Waals surface area contributed by atoms with E-state index in [9.17, 15) is 13.2 Å². The summed E-state index contributed by atoms with van der Waals surface area (Å²) < 4.78 is 31.6. The summed E-state index contributed by atoms with van der Waals surface area (Å²) in [6.45, 7) is 2.28. The molecule has 0 spiro atoms. The molecule has 0 fully saturated rings. The summed E-state index contributed by atoms with van der Waals surface area (Å²) >= 11 is 1.10. The largest absolute Gasteiger partial charge is 0.492 e. The van der Waals surface area contributed by atoms with Gasteiger partial charge in [0.25, 0.3) is 10.0 Å². The van der Waals surface area contributed by atoms with E-state index in [4.69, 9.17) is 4.74 Å². The van der Waals surface area contributed by atoms with Gasteiger partial charge >= 0.3 is 0 Å². The number of thiophene rings is 1. The van der Waals surface area contributed by atoms with Crippen LogP contribution in [0.15, 0.2) is 46.0 Å². The fourth-order valence-electron chi connectivity index (χ4n) is 1.78. The highest BCUT2D eigenvalue weighted by Gasteiger charge is 2.15. The van der Waals surface area contributed by atoms with Crippen LogP contribution in [0.3, 0.4) is 0 Å². The van der Waals surface area contributed by atoms with E-state index >= 15 is 0 Å². The lowest BCUT2D eigenvalue weighted by Crippen LogP contribution is -2.38. The number of hydrogen-bond donors (Lipinski definition) is 2. The first kappa shape index (κ1) is 17.5. The highest BCUT2D eigenvalue weighted by Crippen LogP contribution is 2.14. The quantitative estimate of drug-likeness (QED) is 0.704. The second-order valence-electron chi connectivity index (χ2n) is 4.77. The minimum absolute atomic E-state index is 0.188. The molecule has 0 bridgehead atoms. The zero-order chi connectivity index (χ0) is 16.7. The molecule has 0 aliphatic rings. The Morgan fingerprint density at radius 3 is 2.78 bits per heavy atom. The molecule has 2 rings (SSSR count). The molecule has 0 saturated heterocycles. The van der Waals surface area contributed by atoms with Gasteiger partial charge in [-0.3, -0.25) is 4.79 Å². The van der Waals surface area contributed by atoms with Crippen molar-refractivity contribution in [2.24, 2.45) is 0 Å². The van der Waals surface area contributed by atoms with Crippen LogP contribution < -0.4 is 14.8 Å². The highest BCUT2D eigenvalue weighted by atomic mass is 32.2. The maximum atomic E-state index is 11.8. The van der Waals surface area contributed by atoms with Crippen LogP contribution in [0.5, 0.6) is 5.75 Å². The molecule has 0 unspecified atom stereocenters. The molecule has 0 saturated carbocycles. The van der Waals surface area contributed by atoms with Crippen LogP contribution in [-0.2, 0) is 14.8 Å². The molecular weight excluding hydrogens is 336 g/mol. The molecule has 0 atom stereocenters. The van der Waals surface area contributed by atoms with Crippen LogP contribution in [0, 0.1) is 6.92 Å². The van der Waals surface area contributed by atoms with E-state index in [1.807, 2.05) is 31.2 Å². The number of ether oxygens (including phenoxy) is 1. The Labute approximate surface area is 139 Å². The van der Waals surface area contributed by atoms with Crippen molar-refractivity contribution in [1.29, 1.82) is 0 Å². The lowest BCUT2D eigenvalue weighted by Gasteiger charge is -2.09. The number of sulfonamides is 1. The highest BCUT2D eigenvalue weighted by molar-refractivity contribution is 7.91. The summed E-state index contributed by atoms with van der Waals surface area (Å²) in [6.07, 6.45) is 0. The van der Waals surface area contributed by atoms with Crippen LogP contribution in [-0.4, -0.2) is 34.0 Å². The van der Waals surface area contributed by atoms with Gasteiger partial charge in [0.15, 0.2) is 0 Å². The fraction of sp³-hybridized carbons (Fsp3) is 0.267. The molecule has 8 heteroatoms. The van der Waals surface area contributed by atoms with Crippen molar-refractivity contribution in [3.8, 4) is 5.75 Å². The molecule has 6 nitrogen and oxygen atoms in total. The van der Waals surface area contributed by atoms with Gasteiger partial charge in [-0.15, -0.1) is 11.3 Å². The van der Waals surface area contributed by atoms with Crippen LogP contribution >= 0.6 is 11.3 Å². The minimum atomic E-state index is -3.61. The molecular formula is C15H18N2O4S2. The van der Waals surface area contributed by atoms with Gasteiger partial charge in [0.1, 0.15) is 16.6 Å². The smallest absolute Gasteiger partial charge is 0.250 e. The Kier molecular flexibility index (Phi) is 6.14. The monoisotopic (exact) mass is 354 g/mol. The van der Waals surface area contributed by atoms with E-state index in [2.05, 4.69) is 10.0 Å². The number of nitrogens with one attached hydrogen (secondary N) is 2. The topological polar surface area (TPSA) is 84.5 Å². The number of carbonyl (C=O) groups excluding carboxylic acids is 1. The molecule has 1 aromatic carbocycles. The number of hydrogen-bond acceptors (Lipinski definition) is 5. The molecule has 124 valence electrons. The Morgan fingerprint density at radius 1 is 1.26 bits per heavy atom. The summed E-state index contributed by atoms with van der Waals surface area (Å²) in [5.74, 6) is 0.329. The van der Waals surface area contributed by atoms with Gasteiger partial charge in [-0.25, -0.2) is 13.1 Å². The van der Waals surface area contributed by atoms with Gasteiger partial charge in [0.05, 0.1) is 13.1 Å². The third-order valence-corrected chi connectivity index (χ3v) is 5.66. The van der Waals surface area contributed by atoms with Crippen molar-refractivity contribution in [1.82, 2.24) is 10.0 Å². The predicted molar refractivity (Wildman–Crippen MR) is 89.2 cm³/mol. The number of amides is 1. The van der Waals surface area contributed by atoms with Gasteiger partial charge in [0, 0.05) is 0 Å². The second kappa shape index (κ2) is 8.09. The van der Waals surface area contributed by atoms with Crippen molar-refractivity contribution in [3.05, 3.63) is 47.3 Å². The third-order valence-electron chi connectivity index (χ3n) is 2.87. The van der Waals surface area contributed by atoms with E-state index in [-0.39, 0.29) is 10.8 Å². The Balaban J connectivity index is 1.67. The summed E-state index contributed by atoms with van der Waals surface area (Å²) in [7, 11) is -3.61. The molecule has 0 aliphatic carbocycles. The van der Waals surface area contributed by atoms with Crippen molar-refractivity contribution in [2.45, 2.75) is 11.1 Å². The van der Waals surface area contributed by atoms with Crippen LogP contribution in [0.25, 0.3) is 0 Å². The van der Waals surface area contributed by atoms with E-state index in [0.717, 1.165) is 22.6 Å². The molecule has 23 heavy (non-hydrogen) atoms. The van der Waals surface area contributed by atoms with E-state index < -0.39 is 15.9 Å².